The summed E-state index contributed by atoms with van der Waals surface area (Å²) >= 11 is 1.56. The molecule has 2 aromatic rings. The summed E-state index contributed by atoms with van der Waals surface area (Å²) < 4.78 is 5.38. The maximum atomic E-state index is 12.4. The van der Waals surface area contributed by atoms with Crippen LogP contribution in [-0.2, 0) is 16.1 Å². The molecule has 1 atom stereocenters. The van der Waals surface area contributed by atoms with E-state index in [2.05, 4.69) is 31.2 Å². The van der Waals surface area contributed by atoms with Gasteiger partial charge in [0.1, 0.15) is 6.54 Å². The van der Waals surface area contributed by atoms with Crippen LogP contribution in [0.4, 0.5) is 10.8 Å². The molecule has 1 fully saturated rings. The number of benzene rings is 1. The molecule has 0 aliphatic carbocycles. The topological polar surface area (TPSA) is 119 Å². The van der Waals surface area contributed by atoms with Gasteiger partial charge in [0.05, 0.1) is 25.0 Å². The number of ether oxygens (including phenoxy) is 1. The average Bonchev–Trinajstić information content (AvgIpc) is 3.25. The minimum Gasteiger partial charge on any atom is -0.379 e. The predicted octanol–water partition coefficient (Wildman–Crippen LogP) is 2.50. The largest absolute Gasteiger partial charge is 0.379 e. The number of hydrogen-bond donors (Lipinski definition) is 3. The summed E-state index contributed by atoms with van der Waals surface area (Å²) in [5.41, 5.74) is 2.49. The lowest BCUT2D eigenvalue weighted by Crippen LogP contribution is -2.35. The maximum Gasteiger partial charge on any atom is 0.251 e. The van der Waals surface area contributed by atoms with E-state index in [9.17, 15) is 9.59 Å². The Labute approximate surface area is 198 Å². The number of carbonyl (C=O) groups is 2. The van der Waals surface area contributed by atoms with E-state index in [0.717, 1.165) is 49.4 Å². The second kappa shape index (κ2) is 12.9. The third-order valence-electron chi connectivity index (χ3n) is 5.26. The number of hydrogen-bond acceptors (Lipinski definition) is 8. The molecule has 1 aliphatic heterocycles. The van der Waals surface area contributed by atoms with Crippen molar-refractivity contribution in [2.24, 2.45) is 5.92 Å². The van der Waals surface area contributed by atoms with Crippen molar-refractivity contribution in [3.63, 3.8) is 0 Å². The Kier molecular flexibility index (Phi) is 9.62. The van der Waals surface area contributed by atoms with Gasteiger partial charge in [0.25, 0.3) is 5.91 Å². The van der Waals surface area contributed by atoms with Crippen LogP contribution in [0, 0.1) is 17.2 Å². The number of thiazole rings is 1. The van der Waals surface area contributed by atoms with Gasteiger partial charge in [-0.1, -0.05) is 6.92 Å². The Balaban J connectivity index is 1.40. The van der Waals surface area contributed by atoms with Gasteiger partial charge in [0.15, 0.2) is 5.13 Å². The molecule has 1 saturated heterocycles. The summed E-state index contributed by atoms with van der Waals surface area (Å²) in [5, 5.41) is 20.1. The first-order valence-corrected chi connectivity index (χ1v) is 11.9. The highest BCUT2D eigenvalue weighted by molar-refractivity contribution is 7.13. The molecule has 176 valence electrons. The Bertz CT molecular complexity index is 950. The van der Waals surface area contributed by atoms with E-state index in [1.165, 1.54) is 0 Å². The Morgan fingerprint density at radius 2 is 2.00 bits per heavy atom. The standard InChI is InChI=1S/C23H30N6O3S/c1-17(14-21(30)25-9-7-24)6-8-26-22(31)18-2-4-19(5-3-18)27-23-28-20(16-33-23)15-29-10-12-32-13-11-29/h2-5,16-17H,6,8-15H2,1H3,(H,25,30)(H,26,31)(H,27,28). The number of anilines is 2. The van der Waals surface area contributed by atoms with Gasteiger partial charge in [-0.2, -0.15) is 5.26 Å². The molecule has 3 rings (SSSR count). The molecular formula is C23H30N6O3S. The number of rotatable bonds is 11. The molecule has 1 aromatic carbocycles. The molecule has 10 heteroatoms. The highest BCUT2D eigenvalue weighted by Crippen LogP contribution is 2.22. The first kappa shape index (κ1) is 24.6. The summed E-state index contributed by atoms with van der Waals surface area (Å²) in [5.74, 6) is -0.182. The molecule has 3 N–H and O–H groups in total. The summed E-state index contributed by atoms with van der Waals surface area (Å²) in [6.07, 6.45) is 1.02. The van der Waals surface area contributed by atoms with Gasteiger partial charge in [0, 0.05) is 49.2 Å². The molecular weight excluding hydrogens is 440 g/mol. The van der Waals surface area contributed by atoms with E-state index < -0.39 is 0 Å². The number of nitrogens with zero attached hydrogens (tertiary/aromatic N) is 3. The Morgan fingerprint density at radius 1 is 1.24 bits per heavy atom. The van der Waals surface area contributed by atoms with E-state index in [-0.39, 0.29) is 24.3 Å². The minimum absolute atomic E-state index is 0.0191. The van der Waals surface area contributed by atoms with Crippen LogP contribution in [0.3, 0.4) is 0 Å². The lowest BCUT2D eigenvalue weighted by Gasteiger charge is -2.25. The molecule has 1 aliphatic rings. The van der Waals surface area contributed by atoms with Crippen molar-refractivity contribution in [1.82, 2.24) is 20.5 Å². The Hall–Kier alpha value is -3.00. The number of nitrogens with one attached hydrogen (secondary N) is 3. The zero-order chi connectivity index (χ0) is 23.5. The van der Waals surface area contributed by atoms with Gasteiger partial charge >= 0.3 is 0 Å². The lowest BCUT2D eigenvalue weighted by atomic mass is 10.0. The number of amides is 2. The normalized spacial score (nSPS) is 14.8. The highest BCUT2D eigenvalue weighted by atomic mass is 32.1. The summed E-state index contributed by atoms with van der Waals surface area (Å²) in [6.45, 7) is 6.68. The molecule has 0 spiro atoms. The molecule has 0 radical (unpaired) electrons. The van der Waals surface area contributed by atoms with Crippen LogP contribution in [0.2, 0.25) is 0 Å². The molecule has 2 heterocycles. The highest BCUT2D eigenvalue weighted by Gasteiger charge is 2.13. The van der Waals surface area contributed by atoms with E-state index in [1.54, 1.807) is 23.5 Å². The van der Waals surface area contributed by atoms with Crippen LogP contribution < -0.4 is 16.0 Å². The maximum absolute atomic E-state index is 12.4. The fraction of sp³-hybridized carbons (Fsp3) is 0.478. The van der Waals surface area contributed by atoms with Crippen molar-refractivity contribution in [3.8, 4) is 6.07 Å². The van der Waals surface area contributed by atoms with Gasteiger partial charge in [-0.15, -0.1) is 11.3 Å². The van der Waals surface area contributed by atoms with Crippen LogP contribution in [0.15, 0.2) is 29.6 Å². The number of morpholine rings is 1. The molecule has 9 nitrogen and oxygen atoms in total. The average molecular weight is 471 g/mol. The van der Waals surface area contributed by atoms with Crippen LogP contribution >= 0.6 is 11.3 Å². The molecule has 2 amide bonds. The van der Waals surface area contributed by atoms with Gasteiger partial charge in [0.2, 0.25) is 5.91 Å². The van der Waals surface area contributed by atoms with Crippen molar-refractivity contribution >= 4 is 34.0 Å². The van der Waals surface area contributed by atoms with Crippen LogP contribution in [0.25, 0.3) is 0 Å². The van der Waals surface area contributed by atoms with Gasteiger partial charge < -0.3 is 20.7 Å². The summed E-state index contributed by atoms with van der Waals surface area (Å²) in [7, 11) is 0. The summed E-state index contributed by atoms with van der Waals surface area (Å²) in [4.78, 5) is 31.0. The van der Waals surface area contributed by atoms with Crippen molar-refractivity contribution < 1.29 is 14.3 Å². The lowest BCUT2D eigenvalue weighted by molar-refractivity contribution is -0.121. The van der Waals surface area contributed by atoms with E-state index in [1.807, 2.05) is 25.1 Å². The second-order valence-corrected chi connectivity index (χ2v) is 8.88. The monoisotopic (exact) mass is 470 g/mol. The number of carbonyl (C=O) groups excluding carboxylic acids is 2. The van der Waals surface area contributed by atoms with Crippen molar-refractivity contribution in [3.05, 3.63) is 40.9 Å². The number of nitriles is 1. The molecule has 0 saturated carbocycles. The molecule has 0 bridgehead atoms. The van der Waals surface area contributed by atoms with E-state index in [4.69, 9.17) is 10.00 Å². The third-order valence-corrected chi connectivity index (χ3v) is 6.07. The number of aromatic nitrogens is 1. The zero-order valence-electron chi connectivity index (χ0n) is 18.8. The second-order valence-electron chi connectivity index (χ2n) is 8.02. The minimum atomic E-state index is -0.148. The quantitative estimate of drug-likeness (QED) is 0.432. The Morgan fingerprint density at radius 3 is 2.73 bits per heavy atom. The van der Waals surface area contributed by atoms with Crippen LogP contribution in [-0.4, -0.2) is 61.1 Å². The summed E-state index contributed by atoms with van der Waals surface area (Å²) in [6, 6.07) is 9.16. The fourth-order valence-electron chi connectivity index (χ4n) is 3.42. The zero-order valence-corrected chi connectivity index (χ0v) is 19.6. The van der Waals surface area contributed by atoms with Gasteiger partial charge in [-0.05, 0) is 36.6 Å². The van der Waals surface area contributed by atoms with E-state index in [0.29, 0.717) is 24.9 Å². The SMILES string of the molecule is CC(CCNC(=O)c1ccc(Nc2nc(CN3CCOCC3)cs2)cc1)CC(=O)NCC#N. The predicted molar refractivity (Wildman–Crippen MR) is 127 cm³/mol. The van der Waals surface area contributed by atoms with Gasteiger partial charge in [-0.25, -0.2) is 4.98 Å². The van der Waals surface area contributed by atoms with Gasteiger partial charge in [-0.3, -0.25) is 14.5 Å². The van der Waals surface area contributed by atoms with Crippen molar-refractivity contribution in [2.75, 3.05) is 44.7 Å². The van der Waals surface area contributed by atoms with Crippen molar-refractivity contribution in [1.29, 1.82) is 5.26 Å². The third kappa shape index (κ3) is 8.46. The first-order valence-electron chi connectivity index (χ1n) is 11.1. The van der Waals surface area contributed by atoms with E-state index >= 15 is 0 Å². The molecule has 1 aromatic heterocycles. The van der Waals surface area contributed by atoms with Crippen LogP contribution in [0.1, 0.15) is 35.8 Å². The fourth-order valence-corrected chi connectivity index (χ4v) is 4.14. The molecule has 1 unspecified atom stereocenters. The first-order chi connectivity index (χ1) is 16.0. The smallest absolute Gasteiger partial charge is 0.251 e. The van der Waals surface area contributed by atoms with Crippen molar-refractivity contribution in [2.45, 2.75) is 26.3 Å². The molecule has 33 heavy (non-hydrogen) atoms. The van der Waals surface area contributed by atoms with Crippen LogP contribution in [0.5, 0.6) is 0 Å².